The van der Waals surface area contributed by atoms with Crippen LogP contribution in [0.5, 0.6) is 0 Å². The highest BCUT2D eigenvalue weighted by Gasteiger charge is 2.26. The molecular formula is C20H29N3O2. The van der Waals surface area contributed by atoms with Gasteiger partial charge in [0.25, 0.3) is 5.91 Å². The Morgan fingerprint density at radius 1 is 1.24 bits per heavy atom. The second-order valence-electron chi connectivity index (χ2n) is 7.63. The first-order chi connectivity index (χ1) is 12.0. The van der Waals surface area contributed by atoms with Gasteiger partial charge < -0.3 is 15.1 Å². The largest absolute Gasteiger partial charge is 0.336 e. The van der Waals surface area contributed by atoms with Gasteiger partial charge in [-0.15, -0.1) is 0 Å². The molecule has 1 aromatic rings. The average Bonchev–Trinajstić information content (AvgIpc) is 3.40. The van der Waals surface area contributed by atoms with Gasteiger partial charge in [0.15, 0.2) is 0 Å². The molecule has 1 aliphatic heterocycles. The quantitative estimate of drug-likeness (QED) is 0.902. The van der Waals surface area contributed by atoms with Crippen molar-refractivity contribution in [3.05, 3.63) is 29.3 Å². The molecule has 0 aromatic heterocycles. The summed E-state index contributed by atoms with van der Waals surface area (Å²) in [4.78, 5) is 28.8. The van der Waals surface area contributed by atoms with E-state index in [0.717, 1.165) is 37.2 Å². The smallest absolute Gasteiger partial charge is 0.321 e. The minimum absolute atomic E-state index is 0.0845. The lowest BCUT2D eigenvalue weighted by molar-refractivity contribution is 0.0635. The Bertz CT molecular complexity index is 654. The van der Waals surface area contributed by atoms with Crippen molar-refractivity contribution in [3.8, 4) is 0 Å². The summed E-state index contributed by atoms with van der Waals surface area (Å²) in [6, 6.07) is 5.78. The van der Waals surface area contributed by atoms with E-state index in [2.05, 4.69) is 12.2 Å². The molecule has 3 rings (SSSR count). The first-order valence-electron chi connectivity index (χ1n) is 9.39. The second-order valence-corrected chi connectivity index (χ2v) is 7.63. The summed E-state index contributed by atoms with van der Waals surface area (Å²) in [6.07, 6.45) is 5.80. The zero-order valence-corrected chi connectivity index (χ0v) is 15.5. The third-order valence-corrected chi connectivity index (χ3v) is 5.35. The summed E-state index contributed by atoms with van der Waals surface area (Å²) in [5.74, 6) is 0.766. The van der Waals surface area contributed by atoms with Gasteiger partial charge in [-0.2, -0.15) is 0 Å². The fraction of sp³-hybridized carbons (Fsp3) is 0.600. The van der Waals surface area contributed by atoms with Crippen LogP contribution in [0.2, 0.25) is 0 Å². The van der Waals surface area contributed by atoms with E-state index in [9.17, 15) is 9.59 Å². The first kappa shape index (κ1) is 17.8. The van der Waals surface area contributed by atoms with Crippen LogP contribution in [0.3, 0.4) is 0 Å². The number of likely N-dealkylation sites (tertiary alicyclic amines) is 1. The van der Waals surface area contributed by atoms with Crippen LogP contribution in [0.15, 0.2) is 18.2 Å². The Morgan fingerprint density at radius 3 is 2.64 bits per heavy atom. The van der Waals surface area contributed by atoms with Gasteiger partial charge in [-0.25, -0.2) is 4.79 Å². The van der Waals surface area contributed by atoms with Gasteiger partial charge in [0.05, 0.1) is 0 Å². The van der Waals surface area contributed by atoms with Gasteiger partial charge in [0.2, 0.25) is 0 Å². The molecule has 5 nitrogen and oxygen atoms in total. The van der Waals surface area contributed by atoms with Crippen LogP contribution in [-0.4, -0.2) is 47.9 Å². The molecule has 5 heteroatoms. The van der Waals surface area contributed by atoms with Crippen LogP contribution in [0.25, 0.3) is 0 Å². The normalized spacial score (nSPS) is 20.3. The number of carbonyl (C=O) groups excluding carboxylic acids is 2. The Kier molecular flexibility index (Phi) is 5.30. The summed E-state index contributed by atoms with van der Waals surface area (Å²) >= 11 is 0. The molecule has 136 valence electrons. The van der Waals surface area contributed by atoms with Crippen molar-refractivity contribution in [1.29, 1.82) is 0 Å². The van der Waals surface area contributed by atoms with Gasteiger partial charge in [0.1, 0.15) is 0 Å². The van der Waals surface area contributed by atoms with Crippen molar-refractivity contribution >= 4 is 17.6 Å². The van der Waals surface area contributed by atoms with Gasteiger partial charge in [0, 0.05) is 37.4 Å². The van der Waals surface area contributed by atoms with E-state index < -0.39 is 0 Å². The van der Waals surface area contributed by atoms with Crippen LogP contribution in [0, 0.1) is 12.8 Å². The number of carbonyl (C=O) groups is 2. The maximum atomic E-state index is 12.8. The van der Waals surface area contributed by atoms with E-state index in [0.29, 0.717) is 17.5 Å². The number of piperidine rings is 1. The molecule has 1 aromatic carbocycles. The number of rotatable bonds is 4. The minimum Gasteiger partial charge on any atom is -0.336 e. The molecule has 1 saturated heterocycles. The number of hydrogen-bond acceptors (Lipinski definition) is 2. The van der Waals surface area contributed by atoms with Crippen molar-refractivity contribution in [2.45, 2.75) is 52.0 Å². The van der Waals surface area contributed by atoms with E-state index in [1.807, 2.05) is 37.1 Å². The zero-order chi connectivity index (χ0) is 18.0. The summed E-state index contributed by atoms with van der Waals surface area (Å²) < 4.78 is 0. The zero-order valence-electron chi connectivity index (χ0n) is 15.5. The number of nitrogens with zero attached hydrogens (tertiary/aromatic N) is 2. The number of nitrogens with one attached hydrogen (secondary N) is 1. The maximum absolute atomic E-state index is 12.8. The fourth-order valence-electron chi connectivity index (χ4n) is 3.48. The van der Waals surface area contributed by atoms with Crippen molar-refractivity contribution in [1.82, 2.24) is 9.80 Å². The number of urea groups is 1. The van der Waals surface area contributed by atoms with E-state index >= 15 is 0 Å². The minimum atomic E-state index is -0.0845. The van der Waals surface area contributed by atoms with Crippen molar-refractivity contribution in [2.75, 3.05) is 25.5 Å². The standard InChI is InChI=1S/C20H29N3O2/c1-14-12-17(19(24)23-11-5-4-6-15(23)2)9-10-18(14)21-20(25)22(3)13-16-7-8-16/h9-10,12,15-16H,4-8,11,13H2,1-3H3,(H,21,25)/t15-/m0/s1. The molecule has 2 fully saturated rings. The summed E-state index contributed by atoms with van der Waals surface area (Å²) in [5, 5.41) is 2.96. The molecule has 1 saturated carbocycles. The third-order valence-electron chi connectivity index (χ3n) is 5.35. The van der Waals surface area contributed by atoms with Crippen molar-refractivity contribution in [3.63, 3.8) is 0 Å². The van der Waals surface area contributed by atoms with Gasteiger partial charge in [-0.1, -0.05) is 0 Å². The Labute approximate surface area is 150 Å². The highest BCUT2D eigenvalue weighted by molar-refractivity contribution is 5.96. The highest BCUT2D eigenvalue weighted by atomic mass is 16.2. The Hall–Kier alpha value is -2.04. The van der Waals surface area contributed by atoms with Crippen LogP contribution < -0.4 is 5.32 Å². The fourth-order valence-corrected chi connectivity index (χ4v) is 3.48. The molecule has 3 amide bonds. The monoisotopic (exact) mass is 343 g/mol. The molecule has 0 bridgehead atoms. The van der Waals surface area contributed by atoms with Gasteiger partial charge in [-0.3, -0.25) is 4.79 Å². The summed E-state index contributed by atoms with van der Waals surface area (Å²) in [6.45, 7) is 5.71. The van der Waals surface area contributed by atoms with Crippen LogP contribution in [-0.2, 0) is 0 Å². The molecule has 1 heterocycles. The van der Waals surface area contributed by atoms with E-state index in [1.165, 1.54) is 19.3 Å². The third kappa shape index (κ3) is 4.33. The Morgan fingerprint density at radius 2 is 2.00 bits per heavy atom. The number of anilines is 1. The molecule has 1 N–H and O–H groups in total. The Balaban J connectivity index is 1.65. The predicted molar refractivity (Wildman–Crippen MR) is 99.9 cm³/mol. The summed E-state index contributed by atoms with van der Waals surface area (Å²) in [5.41, 5.74) is 2.40. The second kappa shape index (κ2) is 7.46. The van der Waals surface area contributed by atoms with Crippen LogP contribution in [0.1, 0.15) is 54.9 Å². The number of aryl methyl sites for hydroxylation is 1. The highest BCUT2D eigenvalue weighted by Crippen LogP contribution is 2.29. The SMILES string of the molecule is Cc1cc(C(=O)N2CCCC[C@@H]2C)ccc1NC(=O)N(C)CC1CC1. The van der Waals surface area contributed by atoms with E-state index in [-0.39, 0.29) is 11.9 Å². The molecule has 1 aliphatic carbocycles. The first-order valence-corrected chi connectivity index (χ1v) is 9.39. The number of benzene rings is 1. The van der Waals surface area contributed by atoms with Crippen molar-refractivity contribution in [2.24, 2.45) is 5.92 Å². The predicted octanol–water partition coefficient (Wildman–Crippen LogP) is 3.88. The lowest BCUT2D eigenvalue weighted by Gasteiger charge is -2.33. The molecule has 2 aliphatic rings. The average molecular weight is 343 g/mol. The molecule has 0 radical (unpaired) electrons. The van der Waals surface area contributed by atoms with E-state index in [1.54, 1.807) is 4.90 Å². The lowest BCUT2D eigenvalue weighted by Crippen LogP contribution is -2.42. The van der Waals surface area contributed by atoms with Gasteiger partial charge in [-0.05, 0) is 75.6 Å². The molecule has 0 spiro atoms. The number of hydrogen-bond donors (Lipinski definition) is 1. The molecule has 25 heavy (non-hydrogen) atoms. The number of amides is 3. The lowest BCUT2D eigenvalue weighted by atomic mass is 10.0. The van der Waals surface area contributed by atoms with Gasteiger partial charge >= 0.3 is 6.03 Å². The van der Waals surface area contributed by atoms with Crippen LogP contribution in [0.4, 0.5) is 10.5 Å². The van der Waals surface area contributed by atoms with Crippen molar-refractivity contribution < 1.29 is 9.59 Å². The topological polar surface area (TPSA) is 52.7 Å². The van der Waals surface area contributed by atoms with E-state index in [4.69, 9.17) is 0 Å². The summed E-state index contributed by atoms with van der Waals surface area (Å²) in [7, 11) is 1.83. The molecule has 1 atom stereocenters. The molecular weight excluding hydrogens is 314 g/mol. The maximum Gasteiger partial charge on any atom is 0.321 e. The molecule has 0 unspecified atom stereocenters. The van der Waals surface area contributed by atoms with Crippen LogP contribution >= 0.6 is 0 Å².